The summed E-state index contributed by atoms with van der Waals surface area (Å²) in [4.78, 5) is 19.3. The van der Waals surface area contributed by atoms with E-state index in [0.717, 1.165) is 43.0 Å². The molecule has 0 saturated carbocycles. The second-order valence-corrected chi connectivity index (χ2v) is 7.56. The average Bonchev–Trinajstić information content (AvgIpc) is 2.97. The van der Waals surface area contributed by atoms with Gasteiger partial charge in [-0.3, -0.25) is 4.79 Å². The maximum absolute atomic E-state index is 12.2. The van der Waals surface area contributed by atoms with Crippen LogP contribution >= 0.6 is 11.3 Å². The Balaban J connectivity index is 1.62. The summed E-state index contributed by atoms with van der Waals surface area (Å²) in [6, 6.07) is 6.67. The van der Waals surface area contributed by atoms with Crippen LogP contribution in [-0.4, -0.2) is 30.0 Å². The van der Waals surface area contributed by atoms with Crippen LogP contribution in [0.1, 0.15) is 38.7 Å². The third-order valence-corrected chi connectivity index (χ3v) is 5.75. The molecule has 1 aromatic carbocycles. The number of carbonyl (C=O) groups excluding carboxylic acids is 1. The van der Waals surface area contributed by atoms with Gasteiger partial charge in [-0.05, 0) is 50.8 Å². The highest BCUT2D eigenvalue weighted by Gasteiger charge is 2.26. The molecule has 1 aromatic heterocycles. The first-order chi connectivity index (χ1) is 11.1. The molecule has 0 radical (unpaired) electrons. The van der Waals surface area contributed by atoms with Gasteiger partial charge in [0.25, 0.3) is 0 Å². The molecular weight excluding hydrogens is 306 g/mol. The van der Waals surface area contributed by atoms with E-state index in [4.69, 9.17) is 4.98 Å². The molecule has 2 heterocycles. The summed E-state index contributed by atoms with van der Waals surface area (Å²) in [6.45, 7) is 8.10. The minimum absolute atomic E-state index is 0.150. The van der Waals surface area contributed by atoms with Gasteiger partial charge in [0, 0.05) is 25.0 Å². The zero-order valence-corrected chi connectivity index (χ0v) is 14.9. The summed E-state index contributed by atoms with van der Waals surface area (Å²) >= 11 is 1.76. The van der Waals surface area contributed by atoms with Gasteiger partial charge in [0.1, 0.15) is 0 Å². The minimum Gasteiger partial charge on any atom is -0.353 e. The molecule has 1 aliphatic rings. The van der Waals surface area contributed by atoms with Crippen LogP contribution in [0.2, 0.25) is 0 Å². The first-order valence-corrected chi connectivity index (χ1v) is 9.31. The Hall–Kier alpha value is -1.62. The number of benzene rings is 1. The molecule has 0 spiro atoms. The summed E-state index contributed by atoms with van der Waals surface area (Å²) in [7, 11) is 0. The van der Waals surface area contributed by atoms with Crippen molar-refractivity contribution < 1.29 is 4.79 Å². The van der Waals surface area contributed by atoms with Crippen LogP contribution in [0.25, 0.3) is 10.2 Å². The topological polar surface area (TPSA) is 45.2 Å². The lowest BCUT2D eigenvalue weighted by Gasteiger charge is -2.31. The largest absolute Gasteiger partial charge is 0.353 e. The van der Waals surface area contributed by atoms with E-state index in [1.54, 1.807) is 11.3 Å². The van der Waals surface area contributed by atoms with Crippen LogP contribution in [-0.2, 0) is 4.79 Å². The predicted molar refractivity (Wildman–Crippen MR) is 97.2 cm³/mol. The van der Waals surface area contributed by atoms with Crippen molar-refractivity contribution in [3.05, 3.63) is 23.8 Å². The first-order valence-electron chi connectivity index (χ1n) is 8.49. The molecule has 0 aliphatic carbocycles. The van der Waals surface area contributed by atoms with E-state index in [0.29, 0.717) is 0 Å². The van der Waals surface area contributed by atoms with Gasteiger partial charge < -0.3 is 10.2 Å². The Kier molecular flexibility index (Phi) is 4.85. The highest BCUT2D eigenvalue weighted by atomic mass is 32.1. The molecule has 3 rings (SSSR count). The fourth-order valence-corrected chi connectivity index (χ4v) is 4.07. The number of rotatable bonds is 4. The van der Waals surface area contributed by atoms with E-state index in [9.17, 15) is 4.79 Å². The van der Waals surface area contributed by atoms with Gasteiger partial charge in [0.2, 0.25) is 5.91 Å². The van der Waals surface area contributed by atoms with Gasteiger partial charge in [0.15, 0.2) is 5.13 Å². The molecule has 1 atom stereocenters. The SMILES string of the molecule is CCC(C)NC(=O)C1CCN(c2nc3ccc(C)cc3s2)CC1. The molecule has 124 valence electrons. The van der Waals surface area contributed by atoms with E-state index < -0.39 is 0 Å². The second-order valence-electron chi connectivity index (χ2n) is 6.55. The first kappa shape index (κ1) is 16.2. The van der Waals surface area contributed by atoms with E-state index in [2.05, 4.69) is 49.2 Å². The summed E-state index contributed by atoms with van der Waals surface area (Å²) in [5, 5.41) is 4.20. The Morgan fingerprint density at radius 2 is 2.17 bits per heavy atom. The van der Waals surface area contributed by atoms with E-state index >= 15 is 0 Å². The second kappa shape index (κ2) is 6.87. The van der Waals surface area contributed by atoms with Gasteiger partial charge in [-0.1, -0.05) is 24.3 Å². The van der Waals surface area contributed by atoms with Crippen LogP contribution in [0, 0.1) is 12.8 Å². The summed E-state index contributed by atoms with van der Waals surface area (Å²) < 4.78 is 1.25. The number of fused-ring (bicyclic) bond motifs is 1. The third kappa shape index (κ3) is 3.66. The number of amides is 1. The molecule has 1 N–H and O–H groups in total. The van der Waals surface area contributed by atoms with Crippen molar-refractivity contribution >= 4 is 32.6 Å². The molecule has 1 aliphatic heterocycles. The number of hydrogen-bond acceptors (Lipinski definition) is 4. The number of anilines is 1. The third-order valence-electron chi connectivity index (χ3n) is 4.67. The van der Waals surface area contributed by atoms with Gasteiger partial charge in [-0.25, -0.2) is 4.98 Å². The molecule has 4 nitrogen and oxygen atoms in total. The average molecular weight is 331 g/mol. The lowest BCUT2D eigenvalue weighted by Crippen LogP contribution is -2.43. The van der Waals surface area contributed by atoms with Crippen molar-refractivity contribution in [2.24, 2.45) is 5.92 Å². The van der Waals surface area contributed by atoms with Crippen LogP contribution in [0.5, 0.6) is 0 Å². The molecule has 1 saturated heterocycles. The van der Waals surface area contributed by atoms with Gasteiger partial charge >= 0.3 is 0 Å². The summed E-state index contributed by atoms with van der Waals surface area (Å²) in [6.07, 6.45) is 2.81. The van der Waals surface area contributed by atoms with E-state index in [1.165, 1.54) is 10.3 Å². The lowest BCUT2D eigenvalue weighted by atomic mass is 9.96. The van der Waals surface area contributed by atoms with Crippen molar-refractivity contribution in [3.63, 3.8) is 0 Å². The van der Waals surface area contributed by atoms with Gasteiger partial charge in [-0.2, -0.15) is 0 Å². The van der Waals surface area contributed by atoms with Crippen LogP contribution in [0.4, 0.5) is 5.13 Å². The standard InChI is InChI=1S/C18H25N3OS/c1-4-13(3)19-17(22)14-7-9-21(10-8-14)18-20-15-6-5-12(2)11-16(15)23-18/h5-6,11,13-14H,4,7-10H2,1-3H3,(H,19,22). The molecule has 2 aromatic rings. The van der Waals surface area contributed by atoms with Gasteiger partial charge in [-0.15, -0.1) is 0 Å². The lowest BCUT2D eigenvalue weighted by molar-refractivity contribution is -0.126. The Morgan fingerprint density at radius 1 is 1.43 bits per heavy atom. The van der Waals surface area contributed by atoms with Gasteiger partial charge in [0.05, 0.1) is 10.2 Å². The molecular formula is C18H25N3OS. The van der Waals surface area contributed by atoms with E-state index in [1.807, 2.05) is 0 Å². The maximum Gasteiger partial charge on any atom is 0.223 e. The number of piperidine rings is 1. The highest BCUT2D eigenvalue weighted by Crippen LogP contribution is 2.32. The minimum atomic E-state index is 0.150. The quantitative estimate of drug-likeness (QED) is 0.928. The number of aryl methyl sites for hydroxylation is 1. The highest BCUT2D eigenvalue weighted by molar-refractivity contribution is 7.22. The van der Waals surface area contributed by atoms with E-state index in [-0.39, 0.29) is 17.9 Å². The fraction of sp³-hybridized carbons (Fsp3) is 0.556. The zero-order valence-electron chi connectivity index (χ0n) is 14.1. The normalized spacial score (nSPS) is 17.4. The van der Waals surface area contributed by atoms with Crippen LogP contribution < -0.4 is 10.2 Å². The smallest absolute Gasteiger partial charge is 0.223 e. The van der Waals surface area contributed by atoms with Crippen LogP contribution in [0.15, 0.2) is 18.2 Å². The fourth-order valence-electron chi connectivity index (χ4n) is 2.95. The number of carbonyl (C=O) groups is 1. The molecule has 23 heavy (non-hydrogen) atoms. The van der Waals surface area contributed by atoms with Crippen molar-refractivity contribution in [2.45, 2.75) is 46.1 Å². The Bertz CT molecular complexity index is 689. The maximum atomic E-state index is 12.2. The summed E-state index contributed by atoms with van der Waals surface area (Å²) in [5.41, 5.74) is 2.35. The molecule has 1 fully saturated rings. The molecule has 1 amide bonds. The predicted octanol–water partition coefficient (Wildman–Crippen LogP) is 3.74. The van der Waals surface area contributed by atoms with Crippen molar-refractivity contribution in [2.75, 3.05) is 18.0 Å². The van der Waals surface area contributed by atoms with Crippen molar-refractivity contribution in [3.8, 4) is 0 Å². The molecule has 0 bridgehead atoms. The number of thiazole rings is 1. The monoisotopic (exact) mass is 331 g/mol. The number of hydrogen-bond donors (Lipinski definition) is 1. The Labute approximate surface area is 141 Å². The molecule has 1 unspecified atom stereocenters. The molecule has 5 heteroatoms. The number of nitrogens with one attached hydrogen (secondary N) is 1. The number of nitrogens with zero attached hydrogens (tertiary/aromatic N) is 2. The number of aromatic nitrogens is 1. The zero-order chi connectivity index (χ0) is 16.4. The summed E-state index contributed by atoms with van der Waals surface area (Å²) in [5.74, 6) is 0.371. The van der Waals surface area contributed by atoms with Crippen molar-refractivity contribution in [1.29, 1.82) is 0 Å². The Morgan fingerprint density at radius 3 is 2.87 bits per heavy atom. The van der Waals surface area contributed by atoms with Crippen LogP contribution in [0.3, 0.4) is 0 Å². The van der Waals surface area contributed by atoms with Crippen molar-refractivity contribution in [1.82, 2.24) is 10.3 Å².